The van der Waals surface area contributed by atoms with Gasteiger partial charge in [0.1, 0.15) is 0 Å². The summed E-state index contributed by atoms with van der Waals surface area (Å²) >= 11 is 2.93. The van der Waals surface area contributed by atoms with Gasteiger partial charge in [-0.1, -0.05) is 5.92 Å². The number of aryl methyl sites for hydroxylation is 1. The summed E-state index contributed by atoms with van der Waals surface area (Å²) in [6.07, 6.45) is 7.49. The number of hydrogen-bond donors (Lipinski definition) is 2. The van der Waals surface area contributed by atoms with Crippen LogP contribution in [0.1, 0.15) is 34.3 Å². The van der Waals surface area contributed by atoms with Crippen LogP contribution in [-0.2, 0) is 4.84 Å². The van der Waals surface area contributed by atoms with E-state index in [0.717, 1.165) is 18.4 Å². The highest BCUT2D eigenvalue weighted by molar-refractivity contribution is 9.10. The SMILES string of the molecule is C#Cc1ccc(Nc2c(C(=O)NOCC3CC3)cc(Br)c(F)c2F)c(C)c1. The normalized spacial score (nSPS) is 13.1. The number of hydroxylamine groups is 1. The molecule has 2 aromatic carbocycles. The van der Waals surface area contributed by atoms with Gasteiger partial charge >= 0.3 is 0 Å². The van der Waals surface area contributed by atoms with Crippen molar-refractivity contribution in [3.8, 4) is 12.3 Å². The first-order chi connectivity index (χ1) is 12.9. The average molecular weight is 435 g/mol. The van der Waals surface area contributed by atoms with Gasteiger partial charge < -0.3 is 5.32 Å². The quantitative estimate of drug-likeness (QED) is 0.388. The fraction of sp³-hybridized carbons (Fsp3) is 0.250. The number of rotatable bonds is 6. The zero-order chi connectivity index (χ0) is 19.6. The molecule has 0 spiro atoms. The molecule has 0 atom stereocenters. The van der Waals surface area contributed by atoms with Crippen molar-refractivity contribution in [1.82, 2.24) is 5.48 Å². The lowest BCUT2D eigenvalue weighted by Crippen LogP contribution is -2.26. The van der Waals surface area contributed by atoms with E-state index in [1.807, 2.05) is 0 Å². The van der Waals surface area contributed by atoms with Crippen molar-refractivity contribution >= 4 is 33.2 Å². The van der Waals surface area contributed by atoms with Crippen molar-refractivity contribution in [2.45, 2.75) is 19.8 Å². The van der Waals surface area contributed by atoms with Crippen molar-refractivity contribution in [2.75, 3.05) is 11.9 Å². The van der Waals surface area contributed by atoms with E-state index in [2.05, 4.69) is 32.6 Å². The third-order valence-corrected chi connectivity index (χ3v) is 4.82. The molecule has 1 fully saturated rings. The van der Waals surface area contributed by atoms with Crippen molar-refractivity contribution in [2.24, 2.45) is 5.92 Å². The highest BCUT2D eigenvalue weighted by Crippen LogP contribution is 2.33. The van der Waals surface area contributed by atoms with Crippen LogP contribution in [0.4, 0.5) is 20.2 Å². The lowest BCUT2D eigenvalue weighted by molar-refractivity contribution is 0.0270. The van der Waals surface area contributed by atoms with E-state index < -0.39 is 17.5 Å². The smallest absolute Gasteiger partial charge is 0.277 e. The zero-order valence-electron chi connectivity index (χ0n) is 14.5. The second kappa shape index (κ2) is 8.07. The average Bonchev–Trinajstić information content (AvgIpc) is 3.47. The molecule has 140 valence electrons. The molecule has 1 amide bonds. The minimum absolute atomic E-state index is 0.0861. The molecule has 1 aliphatic carbocycles. The predicted octanol–water partition coefficient (Wildman–Crippen LogP) is 4.83. The van der Waals surface area contributed by atoms with Gasteiger partial charge in [0.2, 0.25) is 0 Å². The standard InChI is InChI=1S/C20H17BrF2N2O2/c1-3-12-6-7-16(11(2)8-12)24-19-14(9-15(21)17(22)18(19)23)20(26)25-27-10-13-4-5-13/h1,6-9,13,24H,4-5,10H2,2H3,(H,25,26). The Hall–Kier alpha value is -2.43. The van der Waals surface area contributed by atoms with Gasteiger partial charge in [-0.15, -0.1) is 6.42 Å². The molecule has 1 saturated carbocycles. The minimum Gasteiger partial charge on any atom is -0.352 e. The molecule has 0 heterocycles. The summed E-state index contributed by atoms with van der Waals surface area (Å²) in [6.45, 7) is 2.17. The molecule has 1 aliphatic rings. The highest BCUT2D eigenvalue weighted by atomic mass is 79.9. The lowest BCUT2D eigenvalue weighted by Gasteiger charge is -2.16. The van der Waals surface area contributed by atoms with Gasteiger partial charge in [0.05, 0.1) is 22.3 Å². The van der Waals surface area contributed by atoms with E-state index in [9.17, 15) is 13.6 Å². The number of hydrogen-bond acceptors (Lipinski definition) is 3. The van der Waals surface area contributed by atoms with E-state index in [1.54, 1.807) is 25.1 Å². The van der Waals surface area contributed by atoms with Crippen molar-refractivity contribution < 1.29 is 18.4 Å². The van der Waals surface area contributed by atoms with Gasteiger partial charge in [0.25, 0.3) is 5.91 Å². The largest absolute Gasteiger partial charge is 0.352 e. The van der Waals surface area contributed by atoms with Crippen LogP contribution < -0.4 is 10.8 Å². The number of halogens is 3. The van der Waals surface area contributed by atoms with Crippen LogP contribution >= 0.6 is 15.9 Å². The molecule has 7 heteroatoms. The topological polar surface area (TPSA) is 50.4 Å². The Labute approximate surface area is 164 Å². The van der Waals surface area contributed by atoms with Crippen LogP contribution in [0.15, 0.2) is 28.7 Å². The Balaban J connectivity index is 1.91. The molecule has 27 heavy (non-hydrogen) atoms. The Bertz CT molecular complexity index is 937. The number of carbonyl (C=O) groups excluding carboxylic acids is 1. The summed E-state index contributed by atoms with van der Waals surface area (Å²) in [4.78, 5) is 17.6. The van der Waals surface area contributed by atoms with Gasteiger partial charge in [0, 0.05) is 11.3 Å². The number of benzene rings is 2. The highest BCUT2D eigenvalue weighted by Gasteiger charge is 2.24. The van der Waals surface area contributed by atoms with Gasteiger partial charge in [-0.25, -0.2) is 14.3 Å². The molecule has 3 rings (SSSR count). The first-order valence-electron chi connectivity index (χ1n) is 8.34. The first kappa shape index (κ1) is 19.3. The van der Waals surface area contributed by atoms with Crippen LogP contribution in [0.5, 0.6) is 0 Å². The van der Waals surface area contributed by atoms with E-state index in [-0.39, 0.29) is 15.7 Å². The third-order valence-electron chi connectivity index (χ3n) is 4.24. The summed E-state index contributed by atoms with van der Waals surface area (Å²) in [5.41, 5.74) is 3.81. The molecular weight excluding hydrogens is 418 g/mol. The first-order valence-corrected chi connectivity index (χ1v) is 9.14. The molecule has 4 nitrogen and oxygen atoms in total. The summed E-state index contributed by atoms with van der Waals surface area (Å²) in [6, 6.07) is 6.26. The van der Waals surface area contributed by atoms with Crippen LogP contribution in [0, 0.1) is 36.8 Å². The Morgan fingerprint density at radius 2 is 2.07 bits per heavy atom. The molecule has 2 aromatic rings. The fourth-order valence-corrected chi connectivity index (χ4v) is 2.89. The number of carbonyl (C=O) groups is 1. The number of terminal acetylenes is 1. The molecule has 2 N–H and O–H groups in total. The lowest BCUT2D eigenvalue weighted by atomic mass is 10.1. The Kier molecular flexibility index (Phi) is 5.78. The maximum Gasteiger partial charge on any atom is 0.277 e. The van der Waals surface area contributed by atoms with E-state index in [4.69, 9.17) is 11.3 Å². The number of amides is 1. The summed E-state index contributed by atoms with van der Waals surface area (Å²) < 4.78 is 28.5. The Morgan fingerprint density at radius 3 is 2.70 bits per heavy atom. The van der Waals surface area contributed by atoms with E-state index >= 15 is 0 Å². The van der Waals surface area contributed by atoms with Crippen molar-refractivity contribution in [1.29, 1.82) is 0 Å². The minimum atomic E-state index is -1.17. The molecule has 0 unspecified atom stereocenters. The third kappa shape index (κ3) is 4.46. The maximum absolute atomic E-state index is 14.6. The van der Waals surface area contributed by atoms with Crippen LogP contribution in [0.3, 0.4) is 0 Å². The van der Waals surface area contributed by atoms with E-state index in [0.29, 0.717) is 23.8 Å². The summed E-state index contributed by atoms with van der Waals surface area (Å²) in [5, 5.41) is 2.80. The molecule has 0 aliphatic heterocycles. The second-order valence-electron chi connectivity index (χ2n) is 6.39. The van der Waals surface area contributed by atoms with Gasteiger partial charge in [-0.2, -0.15) is 0 Å². The van der Waals surface area contributed by atoms with Crippen LogP contribution in [0.25, 0.3) is 0 Å². The fourth-order valence-electron chi connectivity index (χ4n) is 2.49. The number of anilines is 2. The Morgan fingerprint density at radius 1 is 1.33 bits per heavy atom. The predicted molar refractivity (Wildman–Crippen MR) is 103 cm³/mol. The molecule has 0 bridgehead atoms. The molecular formula is C20H17BrF2N2O2. The van der Waals surface area contributed by atoms with Gasteiger partial charge in [0.15, 0.2) is 11.6 Å². The summed E-state index contributed by atoms with van der Waals surface area (Å²) in [7, 11) is 0. The van der Waals surface area contributed by atoms with Crippen LogP contribution in [-0.4, -0.2) is 12.5 Å². The zero-order valence-corrected chi connectivity index (χ0v) is 16.1. The maximum atomic E-state index is 14.6. The van der Waals surface area contributed by atoms with Crippen LogP contribution in [0.2, 0.25) is 0 Å². The molecule has 0 saturated heterocycles. The summed E-state index contributed by atoms with van der Waals surface area (Å²) in [5.74, 6) is 0.0148. The second-order valence-corrected chi connectivity index (χ2v) is 7.25. The molecule has 0 radical (unpaired) electrons. The molecule has 0 aromatic heterocycles. The van der Waals surface area contributed by atoms with Crippen molar-refractivity contribution in [3.05, 3.63) is 57.1 Å². The van der Waals surface area contributed by atoms with Gasteiger partial charge in [-0.3, -0.25) is 9.63 Å². The number of nitrogens with one attached hydrogen (secondary N) is 2. The van der Waals surface area contributed by atoms with Crippen molar-refractivity contribution in [3.63, 3.8) is 0 Å². The van der Waals surface area contributed by atoms with Gasteiger partial charge in [-0.05, 0) is 71.4 Å². The monoisotopic (exact) mass is 434 g/mol. The van der Waals surface area contributed by atoms with E-state index in [1.165, 1.54) is 6.07 Å².